The number of aryl methyl sites for hydroxylation is 2. The van der Waals surface area contributed by atoms with Crippen LogP contribution in [0.2, 0.25) is 5.02 Å². The summed E-state index contributed by atoms with van der Waals surface area (Å²) < 4.78 is 0. The molecule has 0 saturated heterocycles. The van der Waals surface area contributed by atoms with Gasteiger partial charge in [0, 0.05) is 22.1 Å². The largest absolute Gasteiger partial charge is 0.394 e. The van der Waals surface area contributed by atoms with Crippen molar-refractivity contribution in [1.29, 1.82) is 0 Å². The number of hydrazone groups is 1. The third-order valence-corrected chi connectivity index (χ3v) is 6.76. The van der Waals surface area contributed by atoms with Crippen LogP contribution in [0, 0.1) is 13.8 Å². The van der Waals surface area contributed by atoms with Gasteiger partial charge >= 0.3 is 0 Å². The summed E-state index contributed by atoms with van der Waals surface area (Å²) in [5.74, 6) is 0.0701. The zero-order chi connectivity index (χ0) is 26.1. The average Bonchev–Trinajstić information content (AvgIpc) is 2.87. The van der Waals surface area contributed by atoms with Gasteiger partial charge in [-0.25, -0.2) is 5.43 Å². The molecule has 0 aromatic heterocycles. The number of halogens is 1. The van der Waals surface area contributed by atoms with E-state index in [-0.39, 0.29) is 18.1 Å². The molecule has 1 atom stereocenters. The molecule has 0 spiro atoms. The molecule has 0 aliphatic carbocycles. The number of rotatable bonds is 10. The van der Waals surface area contributed by atoms with Crippen molar-refractivity contribution >= 4 is 47.1 Å². The Morgan fingerprint density at radius 2 is 1.86 bits per heavy atom. The first-order valence-electron chi connectivity index (χ1n) is 11.2. The first kappa shape index (κ1) is 27.4. The van der Waals surface area contributed by atoms with Gasteiger partial charge in [-0.2, -0.15) is 16.9 Å². The van der Waals surface area contributed by atoms with E-state index in [1.165, 1.54) is 23.4 Å². The number of anilines is 1. The molecule has 1 unspecified atom stereocenters. The lowest BCUT2D eigenvalue weighted by Gasteiger charge is -2.12. The third-order valence-electron chi connectivity index (χ3n) is 5.36. The molecule has 3 aromatic carbocycles. The minimum absolute atomic E-state index is 0.179. The molecule has 7 nitrogen and oxygen atoms in total. The second kappa shape index (κ2) is 13.2. The monoisotopic (exact) mass is 525 g/mol. The zero-order valence-electron chi connectivity index (χ0n) is 20.0. The van der Waals surface area contributed by atoms with E-state index in [0.29, 0.717) is 27.8 Å². The first-order chi connectivity index (χ1) is 17.3. The number of nitrogens with zero attached hydrogens (tertiary/aromatic N) is 1. The van der Waals surface area contributed by atoms with Gasteiger partial charge in [0.2, 0.25) is 0 Å². The van der Waals surface area contributed by atoms with E-state index in [4.69, 9.17) is 16.7 Å². The molecular weight excluding hydrogens is 498 g/mol. The van der Waals surface area contributed by atoms with Gasteiger partial charge in [0.05, 0.1) is 30.2 Å². The van der Waals surface area contributed by atoms with Crippen LogP contribution in [-0.4, -0.2) is 46.7 Å². The fourth-order valence-electron chi connectivity index (χ4n) is 3.25. The van der Waals surface area contributed by atoms with E-state index in [1.807, 2.05) is 38.1 Å². The van der Waals surface area contributed by atoms with Crippen molar-refractivity contribution in [3.8, 4) is 0 Å². The second-order valence-corrected chi connectivity index (χ2v) is 9.71. The summed E-state index contributed by atoms with van der Waals surface area (Å²) in [7, 11) is 0. The van der Waals surface area contributed by atoms with Crippen LogP contribution in [0.4, 0.5) is 5.69 Å². The molecule has 36 heavy (non-hydrogen) atoms. The Bertz CT molecular complexity index is 1270. The smallest absolute Gasteiger partial charge is 0.273 e. The van der Waals surface area contributed by atoms with Crippen molar-refractivity contribution in [3.05, 3.63) is 99.1 Å². The maximum absolute atomic E-state index is 12.9. The Morgan fingerprint density at radius 3 is 2.61 bits per heavy atom. The minimum atomic E-state index is -0.777. The third kappa shape index (κ3) is 7.93. The Balaban J connectivity index is 1.69. The predicted octanol–water partition coefficient (Wildman–Crippen LogP) is 4.56. The highest BCUT2D eigenvalue weighted by Gasteiger charge is 2.15. The van der Waals surface area contributed by atoms with Gasteiger partial charge < -0.3 is 15.5 Å². The van der Waals surface area contributed by atoms with E-state index in [0.717, 1.165) is 16.7 Å². The molecule has 3 aromatic rings. The molecule has 0 aliphatic heterocycles. The fraction of sp³-hybridized carbons (Fsp3) is 0.222. The van der Waals surface area contributed by atoms with Crippen molar-refractivity contribution < 1.29 is 19.8 Å². The van der Waals surface area contributed by atoms with Crippen LogP contribution in [0.5, 0.6) is 0 Å². The van der Waals surface area contributed by atoms with Crippen LogP contribution in [0.1, 0.15) is 43.0 Å². The van der Waals surface area contributed by atoms with Crippen LogP contribution < -0.4 is 10.7 Å². The highest BCUT2D eigenvalue weighted by molar-refractivity contribution is 7.98. The summed E-state index contributed by atoms with van der Waals surface area (Å²) in [6, 6.07) is 17.6. The molecule has 0 fully saturated rings. The van der Waals surface area contributed by atoms with Crippen LogP contribution in [0.15, 0.2) is 65.8 Å². The van der Waals surface area contributed by atoms with Gasteiger partial charge in [-0.15, -0.1) is 0 Å². The van der Waals surface area contributed by atoms with Crippen LogP contribution in [-0.2, 0) is 5.75 Å². The van der Waals surface area contributed by atoms with Crippen molar-refractivity contribution in [2.24, 2.45) is 5.10 Å². The molecule has 9 heteroatoms. The maximum Gasteiger partial charge on any atom is 0.273 e. The number of carbonyl (C=O) groups is 2. The SMILES string of the molecule is Cc1ccc(C=NNC(=O)c2cc(Cl)ccc2NC(=O)c2cccc(CSCC(O)CO)c2)cc1C. The summed E-state index contributed by atoms with van der Waals surface area (Å²) in [6.07, 6.45) is 0.775. The Morgan fingerprint density at radius 1 is 1.06 bits per heavy atom. The predicted molar refractivity (Wildman–Crippen MR) is 146 cm³/mol. The standard InChI is InChI=1S/C27H28ClN3O4S/c1-17-6-7-19(10-18(17)2)13-29-31-27(35)24-12-22(28)8-9-25(24)30-26(34)21-5-3-4-20(11-21)15-36-16-23(33)14-32/h3-13,23,32-33H,14-16H2,1-2H3,(H,30,34)(H,31,35). The van der Waals surface area contributed by atoms with Gasteiger partial charge in [-0.05, 0) is 66.4 Å². The lowest BCUT2D eigenvalue weighted by atomic mass is 10.1. The van der Waals surface area contributed by atoms with Gasteiger partial charge in [0.25, 0.3) is 11.8 Å². The number of carbonyl (C=O) groups excluding carboxylic acids is 2. The number of thioether (sulfide) groups is 1. The number of hydrogen-bond acceptors (Lipinski definition) is 6. The number of aliphatic hydroxyl groups excluding tert-OH is 2. The van der Waals surface area contributed by atoms with Crippen LogP contribution in [0.25, 0.3) is 0 Å². The molecule has 4 N–H and O–H groups in total. The van der Waals surface area contributed by atoms with Crippen molar-refractivity contribution in [1.82, 2.24) is 5.43 Å². The summed E-state index contributed by atoms with van der Waals surface area (Å²) in [4.78, 5) is 25.8. The van der Waals surface area contributed by atoms with E-state index in [1.54, 1.807) is 36.5 Å². The van der Waals surface area contributed by atoms with Crippen molar-refractivity contribution in [3.63, 3.8) is 0 Å². The highest BCUT2D eigenvalue weighted by atomic mass is 35.5. The summed E-state index contributed by atoms with van der Waals surface area (Å²) in [6.45, 7) is 3.73. The molecule has 0 radical (unpaired) electrons. The molecule has 0 heterocycles. The molecule has 0 bridgehead atoms. The van der Waals surface area contributed by atoms with Gasteiger partial charge in [-0.3, -0.25) is 9.59 Å². The van der Waals surface area contributed by atoms with Gasteiger partial charge in [0.15, 0.2) is 0 Å². The zero-order valence-corrected chi connectivity index (χ0v) is 21.6. The van der Waals surface area contributed by atoms with Crippen LogP contribution in [0.3, 0.4) is 0 Å². The molecule has 0 saturated carbocycles. The lowest BCUT2D eigenvalue weighted by molar-refractivity contribution is 0.0956. The van der Waals surface area contributed by atoms with E-state index < -0.39 is 12.0 Å². The van der Waals surface area contributed by atoms with Crippen molar-refractivity contribution in [2.75, 3.05) is 17.7 Å². The maximum atomic E-state index is 12.9. The van der Waals surface area contributed by atoms with Gasteiger partial charge in [0.1, 0.15) is 0 Å². The molecule has 3 rings (SSSR count). The molecule has 0 aliphatic rings. The molecule has 2 amide bonds. The summed E-state index contributed by atoms with van der Waals surface area (Å²) in [5.41, 5.74) is 7.42. The Labute approximate surface area is 219 Å². The second-order valence-electron chi connectivity index (χ2n) is 8.24. The van der Waals surface area contributed by atoms with Crippen LogP contribution >= 0.6 is 23.4 Å². The lowest BCUT2D eigenvalue weighted by Crippen LogP contribution is -2.21. The van der Waals surface area contributed by atoms with Gasteiger partial charge in [-0.1, -0.05) is 41.9 Å². The summed E-state index contributed by atoms with van der Waals surface area (Å²) >= 11 is 7.57. The first-order valence-corrected chi connectivity index (χ1v) is 12.8. The quantitative estimate of drug-likeness (QED) is 0.229. The Hall–Kier alpha value is -3.17. The van der Waals surface area contributed by atoms with E-state index in [2.05, 4.69) is 15.8 Å². The highest BCUT2D eigenvalue weighted by Crippen LogP contribution is 2.22. The number of nitrogens with one attached hydrogen (secondary N) is 2. The summed E-state index contributed by atoms with van der Waals surface area (Å²) in [5, 5.41) is 25.6. The number of hydrogen-bond donors (Lipinski definition) is 4. The Kier molecular flexibility index (Phi) is 10.1. The number of amides is 2. The fourth-order valence-corrected chi connectivity index (χ4v) is 4.33. The molecular formula is C27H28ClN3O4S. The topological polar surface area (TPSA) is 111 Å². The van der Waals surface area contributed by atoms with Crippen molar-refractivity contribution in [2.45, 2.75) is 25.7 Å². The normalized spacial score (nSPS) is 11.9. The minimum Gasteiger partial charge on any atom is -0.394 e. The molecule has 188 valence electrons. The van der Waals surface area contributed by atoms with E-state index in [9.17, 15) is 14.7 Å². The number of aliphatic hydroxyl groups is 2. The number of benzene rings is 3. The average molecular weight is 526 g/mol. The van der Waals surface area contributed by atoms with E-state index >= 15 is 0 Å².